The van der Waals surface area contributed by atoms with Gasteiger partial charge in [0.1, 0.15) is 5.82 Å². The normalized spacial score (nSPS) is 22.2. The summed E-state index contributed by atoms with van der Waals surface area (Å²) in [6.45, 7) is 5.97. The standard InChI is InChI=1S/C20H22N4O2/c1-4-15-18-17(12(3)19(25)24(18)20(26)22-15)13-6-8-14(9-7-13)23-11-10-21-16(23)5-2/h6-12,15H,4-5H2,1-3H3,(H,22,26). The molecule has 6 heteroatoms. The van der Waals surface area contributed by atoms with E-state index in [4.69, 9.17) is 0 Å². The molecular formula is C20H22N4O2. The fourth-order valence-corrected chi connectivity index (χ4v) is 3.94. The number of rotatable bonds is 4. The van der Waals surface area contributed by atoms with Gasteiger partial charge in [-0.05, 0) is 36.6 Å². The highest BCUT2D eigenvalue weighted by molar-refractivity contribution is 6.10. The quantitative estimate of drug-likeness (QED) is 0.921. The van der Waals surface area contributed by atoms with Gasteiger partial charge in [-0.1, -0.05) is 26.0 Å². The second-order valence-electron chi connectivity index (χ2n) is 6.72. The Morgan fingerprint density at radius 2 is 1.88 bits per heavy atom. The molecule has 1 aromatic heterocycles. The fraction of sp³-hybridized carbons (Fsp3) is 0.350. The van der Waals surface area contributed by atoms with Gasteiger partial charge in [-0.2, -0.15) is 0 Å². The van der Waals surface area contributed by atoms with Gasteiger partial charge in [0.2, 0.25) is 5.91 Å². The number of aromatic nitrogens is 2. The summed E-state index contributed by atoms with van der Waals surface area (Å²) in [5.74, 6) is 0.554. The largest absolute Gasteiger partial charge is 0.329 e. The number of nitrogens with zero attached hydrogens (tertiary/aromatic N) is 3. The average Bonchev–Trinajstić information content (AvgIpc) is 3.32. The summed E-state index contributed by atoms with van der Waals surface area (Å²) in [6, 6.07) is 7.72. The first-order valence-electron chi connectivity index (χ1n) is 9.08. The molecule has 0 saturated carbocycles. The zero-order valence-electron chi connectivity index (χ0n) is 15.2. The van der Waals surface area contributed by atoms with Crippen molar-refractivity contribution < 1.29 is 9.59 Å². The maximum Gasteiger partial charge on any atom is 0.329 e. The fourth-order valence-electron chi connectivity index (χ4n) is 3.94. The van der Waals surface area contributed by atoms with Gasteiger partial charge in [0.15, 0.2) is 0 Å². The van der Waals surface area contributed by atoms with Crippen LogP contribution < -0.4 is 5.32 Å². The lowest BCUT2D eigenvalue weighted by Gasteiger charge is -2.14. The summed E-state index contributed by atoms with van der Waals surface area (Å²) in [6.07, 6.45) is 5.37. The van der Waals surface area contributed by atoms with Crippen LogP contribution in [0.3, 0.4) is 0 Å². The molecule has 1 aromatic carbocycles. The molecule has 2 unspecified atom stereocenters. The van der Waals surface area contributed by atoms with Crippen molar-refractivity contribution in [1.29, 1.82) is 0 Å². The second kappa shape index (κ2) is 6.12. The Morgan fingerprint density at radius 3 is 2.54 bits per heavy atom. The van der Waals surface area contributed by atoms with Gasteiger partial charge in [0, 0.05) is 24.5 Å². The van der Waals surface area contributed by atoms with Gasteiger partial charge < -0.3 is 9.88 Å². The van der Waals surface area contributed by atoms with E-state index in [1.54, 1.807) is 6.20 Å². The highest BCUT2D eigenvalue weighted by Crippen LogP contribution is 2.41. The number of carbonyl (C=O) groups excluding carboxylic acids is 2. The lowest BCUT2D eigenvalue weighted by molar-refractivity contribution is -0.127. The third-order valence-electron chi connectivity index (χ3n) is 5.27. The molecule has 0 bridgehead atoms. The van der Waals surface area contributed by atoms with Crippen molar-refractivity contribution in [3.05, 3.63) is 53.7 Å². The van der Waals surface area contributed by atoms with Gasteiger partial charge in [0.25, 0.3) is 0 Å². The van der Waals surface area contributed by atoms with Crippen molar-refractivity contribution in [2.75, 3.05) is 0 Å². The zero-order chi connectivity index (χ0) is 18.4. The molecule has 134 valence electrons. The van der Waals surface area contributed by atoms with E-state index in [1.807, 2.05) is 44.3 Å². The van der Waals surface area contributed by atoms with Crippen LogP contribution in [0.4, 0.5) is 4.79 Å². The van der Waals surface area contributed by atoms with E-state index in [9.17, 15) is 9.59 Å². The molecule has 2 aliphatic rings. The van der Waals surface area contributed by atoms with Crippen LogP contribution in [0.25, 0.3) is 11.3 Å². The SMILES string of the molecule is CCc1nccn1-c1ccc(C2=C3C(CC)NC(=O)N3C(=O)C2C)cc1. The van der Waals surface area contributed by atoms with Crippen LogP contribution in [0.1, 0.15) is 38.6 Å². The molecule has 2 aliphatic heterocycles. The molecule has 26 heavy (non-hydrogen) atoms. The van der Waals surface area contributed by atoms with E-state index in [-0.39, 0.29) is 23.9 Å². The number of fused-ring (bicyclic) bond motifs is 1. The van der Waals surface area contributed by atoms with Crippen LogP contribution >= 0.6 is 0 Å². The third kappa shape index (κ3) is 2.29. The molecule has 1 fully saturated rings. The number of amides is 3. The second-order valence-corrected chi connectivity index (χ2v) is 6.72. The predicted octanol–water partition coefficient (Wildman–Crippen LogP) is 3.13. The van der Waals surface area contributed by atoms with E-state index < -0.39 is 0 Å². The number of carbonyl (C=O) groups is 2. The first kappa shape index (κ1) is 16.6. The highest BCUT2D eigenvalue weighted by Gasteiger charge is 2.48. The molecule has 1 saturated heterocycles. The van der Waals surface area contributed by atoms with Crippen molar-refractivity contribution in [2.24, 2.45) is 5.92 Å². The smallest absolute Gasteiger partial charge is 0.329 e. The molecule has 2 aromatic rings. The number of imidazole rings is 1. The van der Waals surface area contributed by atoms with Crippen molar-refractivity contribution in [1.82, 2.24) is 19.8 Å². The van der Waals surface area contributed by atoms with Crippen molar-refractivity contribution in [3.63, 3.8) is 0 Å². The lowest BCUT2D eigenvalue weighted by Crippen LogP contribution is -2.33. The summed E-state index contributed by atoms with van der Waals surface area (Å²) in [5, 5.41) is 2.90. The Morgan fingerprint density at radius 1 is 1.15 bits per heavy atom. The molecule has 0 spiro atoms. The third-order valence-corrected chi connectivity index (χ3v) is 5.27. The summed E-state index contributed by atoms with van der Waals surface area (Å²) < 4.78 is 2.06. The Bertz CT molecular complexity index is 910. The van der Waals surface area contributed by atoms with Crippen LogP contribution in [0, 0.1) is 5.92 Å². The van der Waals surface area contributed by atoms with Crippen LogP contribution in [-0.4, -0.2) is 32.4 Å². The van der Waals surface area contributed by atoms with Crippen LogP contribution in [0.2, 0.25) is 0 Å². The number of aryl methyl sites for hydroxylation is 1. The maximum atomic E-state index is 12.6. The van der Waals surface area contributed by atoms with E-state index in [2.05, 4.69) is 21.8 Å². The molecular weight excluding hydrogens is 328 g/mol. The first-order valence-corrected chi connectivity index (χ1v) is 9.08. The van der Waals surface area contributed by atoms with E-state index in [0.717, 1.165) is 41.2 Å². The van der Waals surface area contributed by atoms with Crippen LogP contribution in [0.5, 0.6) is 0 Å². The van der Waals surface area contributed by atoms with Gasteiger partial charge in [0.05, 0.1) is 17.7 Å². The lowest BCUT2D eigenvalue weighted by atomic mass is 9.92. The molecule has 0 aliphatic carbocycles. The van der Waals surface area contributed by atoms with E-state index in [0.29, 0.717) is 0 Å². The van der Waals surface area contributed by atoms with E-state index in [1.165, 1.54) is 4.90 Å². The summed E-state index contributed by atoms with van der Waals surface area (Å²) in [5.41, 5.74) is 3.79. The topological polar surface area (TPSA) is 67.2 Å². The number of hydrogen-bond acceptors (Lipinski definition) is 3. The van der Waals surface area contributed by atoms with Gasteiger partial charge in [-0.25, -0.2) is 14.7 Å². The molecule has 3 amide bonds. The van der Waals surface area contributed by atoms with Crippen LogP contribution in [-0.2, 0) is 11.2 Å². The number of imide groups is 1. The molecule has 6 nitrogen and oxygen atoms in total. The van der Waals surface area contributed by atoms with Gasteiger partial charge in [-0.3, -0.25) is 4.79 Å². The van der Waals surface area contributed by atoms with Crippen molar-refractivity contribution in [3.8, 4) is 5.69 Å². The Balaban J connectivity index is 1.77. The molecule has 4 rings (SSSR count). The monoisotopic (exact) mass is 350 g/mol. The first-order chi connectivity index (χ1) is 12.6. The Labute approximate surface area is 152 Å². The molecule has 2 atom stereocenters. The van der Waals surface area contributed by atoms with Gasteiger partial charge >= 0.3 is 6.03 Å². The molecule has 3 heterocycles. The van der Waals surface area contributed by atoms with Crippen molar-refractivity contribution >= 4 is 17.5 Å². The minimum atomic E-state index is -0.310. The molecule has 1 N–H and O–H groups in total. The number of nitrogens with one attached hydrogen (secondary N) is 1. The predicted molar refractivity (Wildman–Crippen MR) is 98.5 cm³/mol. The number of urea groups is 1. The Hall–Kier alpha value is -2.89. The summed E-state index contributed by atoms with van der Waals surface area (Å²) in [4.78, 5) is 30.5. The maximum absolute atomic E-state index is 12.6. The summed E-state index contributed by atoms with van der Waals surface area (Å²) in [7, 11) is 0. The summed E-state index contributed by atoms with van der Waals surface area (Å²) >= 11 is 0. The van der Waals surface area contributed by atoms with Crippen molar-refractivity contribution in [2.45, 2.75) is 39.7 Å². The van der Waals surface area contributed by atoms with Gasteiger partial charge in [-0.15, -0.1) is 0 Å². The number of benzene rings is 1. The highest BCUT2D eigenvalue weighted by atomic mass is 16.2. The average molecular weight is 350 g/mol. The minimum absolute atomic E-state index is 0.105. The van der Waals surface area contributed by atoms with Crippen LogP contribution in [0.15, 0.2) is 42.4 Å². The Kier molecular flexibility index (Phi) is 3.90. The zero-order valence-corrected chi connectivity index (χ0v) is 15.2. The number of hydrogen-bond donors (Lipinski definition) is 1. The molecule has 0 radical (unpaired) electrons. The van der Waals surface area contributed by atoms with E-state index >= 15 is 0 Å². The minimum Gasteiger partial charge on any atom is -0.329 e.